The van der Waals surface area contributed by atoms with Crippen LogP contribution in [0.2, 0.25) is 0 Å². The van der Waals surface area contributed by atoms with Crippen LogP contribution in [0.4, 0.5) is 11.4 Å². The van der Waals surface area contributed by atoms with Gasteiger partial charge < -0.3 is 10.1 Å². The molecule has 0 amide bonds. The van der Waals surface area contributed by atoms with E-state index in [2.05, 4.69) is 50.0 Å². The van der Waals surface area contributed by atoms with Gasteiger partial charge in [0.2, 0.25) is 0 Å². The van der Waals surface area contributed by atoms with Crippen LogP contribution in [0.3, 0.4) is 0 Å². The van der Waals surface area contributed by atoms with E-state index in [1.165, 1.54) is 12.8 Å². The number of hydrogen-bond donors (Lipinski definition) is 1. The van der Waals surface area contributed by atoms with Crippen LogP contribution in [-0.4, -0.2) is 12.3 Å². The topological polar surface area (TPSA) is 33.6 Å². The van der Waals surface area contributed by atoms with E-state index in [1.807, 2.05) is 32.1 Å². The average molecular weight is 379 g/mol. The first kappa shape index (κ1) is 21.7. The summed E-state index contributed by atoms with van der Waals surface area (Å²) >= 11 is 0. The molecule has 0 radical (unpaired) electrons. The predicted octanol–water partition coefficient (Wildman–Crippen LogP) is 7.29. The molecule has 1 aliphatic carbocycles. The Balaban J connectivity index is 2.31. The van der Waals surface area contributed by atoms with Gasteiger partial charge in [0.15, 0.2) is 0 Å². The number of allylic oxidation sites excluding steroid dienone is 4. The number of aliphatic imine (C=N–C) groups is 1. The molecule has 0 saturated heterocycles. The van der Waals surface area contributed by atoms with Gasteiger partial charge in [-0.25, -0.2) is 0 Å². The summed E-state index contributed by atoms with van der Waals surface area (Å²) in [6, 6.07) is 4.10. The second kappa shape index (κ2) is 10.1. The summed E-state index contributed by atoms with van der Waals surface area (Å²) < 4.78 is 6.32. The van der Waals surface area contributed by atoms with Crippen molar-refractivity contribution in [1.29, 1.82) is 0 Å². The Labute approximate surface area is 170 Å². The van der Waals surface area contributed by atoms with Crippen molar-refractivity contribution in [3.8, 4) is 5.75 Å². The van der Waals surface area contributed by atoms with Crippen LogP contribution in [0, 0.1) is 12.8 Å². The molecular formula is C25H34N2O. The molecule has 0 unspecified atom stereocenters. The zero-order valence-electron chi connectivity index (χ0n) is 17.8. The highest BCUT2D eigenvalue weighted by atomic mass is 16.5. The van der Waals surface area contributed by atoms with Crippen molar-refractivity contribution in [2.45, 2.75) is 59.5 Å². The SMILES string of the molecule is C=C/C(C)=C\C(=C)Nc1cc(OC2CCC(C)CC2)cc(C)c1/N=C\C(=C)C. The molecule has 2 rings (SSSR count). The third-order valence-electron chi connectivity index (χ3n) is 4.97. The van der Waals surface area contributed by atoms with Crippen LogP contribution in [0.1, 0.15) is 52.0 Å². The molecule has 1 fully saturated rings. The van der Waals surface area contributed by atoms with Crippen molar-refractivity contribution < 1.29 is 4.74 Å². The Morgan fingerprint density at radius 1 is 1.18 bits per heavy atom. The maximum Gasteiger partial charge on any atom is 0.122 e. The summed E-state index contributed by atoms with van der Waals surface area (Å²) in [6.07, 6.45) is 10.5. The lowest BCUT2D eigenvalue weighted by Crippen LogP contribution is -2.23. The molecule has 1 saturated carbocycles. The Kier molecular flexibility index (Phi) is 7.86. The lowest BCUT2D eigenvalue weighted by Gasteiger charge is -2.27. The third kappa shape index (κ3) is 6.56. The summed E-state index contributed by atoms with van der Waals surface area (Å²) in [7, 11) is 0. The summed E-state index contributed by atoms with van der Waals surface area (Å²) in [5.74, 6) is 1.69. The number of anilines is 1. The molecular weight excluding hydrogens is 344 g/mol. The minimum atomic E-state index is 0.291. The summed E-state index contributed by atoms with van der Waals surface area (Å²) in [5, 5.41) is 3.38. The molecule has 0 spiro atoms. The van der Waals surface area contributed by atoms with E-state index in [0.717, 1.165) is 58.3 Å². The maximum atomic E-state index is 6.32. The molecule has 1 aliphatic rings. The standard InChI is InChI=1S/C25H34N2O/c1-8-18(4)13-21(7)27-24-15-23(28-22-11-9-19(5)10-12-22)14-20(6)25(24)26-16-17(2)3/h8,13-16,19,22,27H,1-2,7,9-12H2,3-6H3/b18-13-,26-16-. The normalized spacial score (nSPS) is 20.1. The molecule has 0 aliphatic heterocycles. The van der Waals surface area contributed by atoms with E-state index < -0.39 is 0 Å². The van der Waals surface area contributed by atoms with Gasteiger partial charge >= 0.3 is 0 Å². The second-order valence-corrected chi connectivity index (χ2v) is 7.98. The highest BCUT2D eigenvalue weighted by Crippen LogP contribution is 2.36. The van der Waals surface area contributed by atoms with Gasteiger partial charge in [0, 0.05) is 18.0 Å². The van der Waals surface area contributed by atoms with Crippen molar-refractivity contribution in [2.75, 3.05) is 5.32 Å². The molecule has 3 nitrogen and oxygen atoms in total. The van der Waals surface area contributed by atoms with E-state index >= 15 is 0 Å². The van der Waals surface area contributed by atoms with Gasteiger partial charge in [0.05, 0.1) is 17.5 Å². The monoisotopic (exact) mass is 378 g/mol. The number of aryl methyl sites for hydroxylation is 1. The van der Waals surface area contributed by atoms with Gasteiger partial charge in [0.1, 0.15) is 5.75 Å². The number of nitrogens with one attached hydrogen (secondary N) is 1. The zero-order chi connectivity index (χ0) is 20.7. The lowest BCUT2D eigenvalue weighted by molar-refractivity contribution is 0.135. The molecule has 0 bridgehead atoms. The summed E-state index contributed by atoms with van der Waals surface area (Å²) in [4.78, 5) is 4.63. The number of nitrogens with zero attached hydrogens (tertiary/aromatic N) is 1. The number of benzene rings is 1. The predicted molar refractivity (Wildman–Crippen MR) is 123 cm³/mol. The molecule has 1 aromatic rings. The molecule has 1 N–H and O–H groups in total. The second-order valence-electron chi connectivity index (χ2n) is 7.98. The fraction of sp³-hybridized carbons (Fsp3) is 0.400. The van der Waals surface area contributed by atoms with Crippen LogP contribution in [-0.2, 0) is 0 Å². The van der Waals surface area contributed by atoms with E-state index in [1.54, 1.807) is 6.21 Å². The van der Waals surface area contributed by atoms with Crippen LogP contribution < -0.4 is 10.1 Å². The Morgan fingerprint density at radius 2 is 1.86 bits per heavy atom. The molecule has 0 heterocycles. The Bertz CT molecular complexity index is 793. The van der Waals surface area contributed by atoms with Gasteiger partial charge in [0.25, 0.3) is 0 Å². The number of rotatable bonds is 8. The highest BCUT2D eigenvalue weighted by molar-refractivity contribution is 5.84. The molecule has 150 valence electrons. The van der Waals surface area contributed by atoms with Crippen LogP contribution >= 0.6 is 0 Å². The van der Waals surface area contributed by atoms with E-state index in [4.69, 9.17) is 4.74 Å². The van der Waals surface area contributed by atoms with Crippen molar-refractivity contribution >= 4 is 17.6 Å². The van der Waals surface area contributed by atoms with Gasteiger partial charge in [-0.05, 0) is 81.2 Å². The smallest absolute Gasteiger partial charge is 0.122 e. The third-order valence-corrected chi connectivity index (χ3v) is 4.97. The number of hydrogen-bond acceptors (Lipinski definition) is 3. The average Bonchev–Trinajstić information content (AvgIpc) is 2.62. The maximum absolute atomic E-state index is 6.32. The minimum absolute atomic E-state index is 0.291. The van der Waals surface area contributed by atoms with Crippen LogP contribution in [0.15, 0.2) is 65.9 Å². The molecule has 0 atom stereocenters. The van der Waals surface area contributed by atoms with Crippen molar-refractivity contribution in [2.24, 2.45) is 10.9 Å². The van der Waals surface area contributed by atoms with Crippen molar-refractivity contribution in [3.05, 3.63) is 66.4 Å². The van der Waals surface area contributed by atoms with Crippen molar-refractivity contribution in [1.82, 2.24) is 0 Å². The summed E-state index contributed by atoms with van der Waals surface area (Å²) in [5.41, 5.74) is 5.55. The van der Waals surface area contributed by atoms with Crippen molar-refractivity contribution in [3.63, 3.8) is 0 Å². The van der Waals surface area contributed by atoms with E-state index in [0.29, 0.717) is 6.10 Å². The fourth-order valence-corrected chi connectivity index (χ4v) is 3.34. The van der Waals surface area contributed by atoms with Gasteiger partial charge in [-0.1, -0.05) is 32.7 Å². The van der Waals surface area contributed by atoms with Gasteiger partial charge in [-0.3, -0.25) is 4.99 Å². The van der Waals surface area contributed by atoms with Crippen LogP contribution in [0.25, 0.3) is 0 Å². The molecule has 28 heavy (non-hydrogen) atoms. The van der Waals surface area contributed by atoms with E-state index in [-0.39, 0.29) is 0 Å². The fourth-order valence-electron chi connectivity index (χ4n) is 3.34. The summed E-state index contributed by atoms with van der Waals surface area (Å²) in [6.45, 7) is 20.1. The first-order chi connectivity index (χ1) is 13.3. The number of ether oxygens (including phenoxy) is 1. The Hall–Kier alpha value is -2.55. The van der Waals surface area contributed by atoms with Gasteiger partial charge in [-0.15, -0.1) is 0 Å². The molecule has 3 heteroatoms. The van der Waals surface area contributed by atoms with E-state index in [9.17, 15) is 0 Å². The minimum Gasteiger partial charge on any atom is -0.490 e. The lowest BCUT2D eigenvalue weighted by atomic mass is 9.89. The molecule has 0 aromatic heterocycles. The first-order valence-corrected chi connectivity index (χ1v) is 10.1. The van der Waals surface area contributed by atoms with Crippen LogP contribution in [0.5, 0.6) is 5.75 Å². The quantitative estimate of drug-likeness (QED) is 0.380. The molecule has 1 aromatic carbocycles. The highest BCUT2D eigenvalue weighted by Gasteiger charge is 2.20. The van der Waals surface area contributed by atoms with Gasteiger partial charge in [-0.2, -0.15) is 0 Å². The Morgan fingerprint density at radius 3 is 2.46 bits per heavy atom. The first-order valence-electron chi connectivity index (χ1n) is 10.1. The zero-order valence-corrected chi connectivity index (χ0v) is 17.8. The largest absolute Gasteiger partial charge is 0.490 e.